The van der Waals surface area contributed by atoms with Gasteiger partial charge in [0.15, 0.2) is 0 Å². The number of hydrogen-bond donors (Lipinski definition) is 2. The second-order valence-electron chi connectivity index (χ2n) is 3.66. The fourth-order valence-corrected chi connectivity index (χ4v) is 1.70. The minimum atomic E-state index is -0.992. The molecule has 1 aromatic carbocycles. The van der Waals surface area contributed by atoms with E-state index in [0.29, 0.717) is 17.2 Å². The number of carbonyl (C=O) groups is 1. The third-order valence-corrected chi connectivity index (χ3v) is 2.62. The lowest BCUT2D eigenvalue weighted by Crippen LogP contribution is -1.96. The highest BCUT2D eigenvalue weighted by molar-refractivity contribution is 5.87. The van der Waals surface area contributed by atoms with Gasteiger partial charge in [-0.15, -0.1) is 0 Å². The predicted molar refractivity (Wildman–Crippen MR) is 66.3 cm³/mol. The smallest absolute Gasteiger partial charge is 0.352 e. The molecule has 1 heterocycles. The first-order chi connectivity index (χ1) is 8.65. The molecule has 18 heavy (non-hydrogen) atoms. The van der Waals surface area contributed by atoms with Crippen molar-refractivity contribution in [3.63, 3.8) is 0 Å². The molecule has 0 bridgehead atoms. The quantitative estimate of drug-likeness (QED) is 0.870. The molecule has 0 aliphatic heterocycles. The molecule has 0 amide bonds. The third-order valence-electron chi connectivity index (χ3n) is 2.62. The Balaban J connectivity index is 2.45. The first-order valence-corrected chi connectivity index (χ1v) is 5.30. The molecule has 2 rings (SSSR count). The van der Waals surface area contributed by atoms with Crippen LogP contribution in [0.3, 0.4) is 0 Å². The van der Waals surface area contributed by atoms with Gasteiger partial charge in [0.2, 0.25) is 0 Å². The summed E-state index contributed by atoms with van der Waals surface area (Å²) in [5, 5.41) is 8.87. The van der Waals surface area contributed by atoms with Crippen molar-refractivity contribution in [1.82, 2.24) is 4.98 Å². The van der Waals surface area contributed by atoms with Gasteiger partial charge in [-0.1, -0.05) is 0 Å². The van der Waals surface area contributed by atoms with Crippen molar-refractivity contribution in [2.24, 2.45) is 0 Å². The van der Waals surface area contributed by atoms with E-state index in [1.165, 1.54) is 6.07 Å². The Hall–Kier alpha value is -2.43. The summed E-state index contributed by atoms with van der Waals surface area (Å²) in [5.41, 5.74) is 1.61. The normalized spacial score (nSPS) is 10.1. The summed E-state index contributed by atoms with van der Waals surface area (Å²) in [6.45, 7) is 0. The van der Waals surface area contributed by atoms with Gasteiger partial charge in [-0.05, 0) is 24.3 Å². The number of carboxylic acids is 1. The average Bonchev–Trinajstić information content (AvgIpc) is 2.87. The maximum atomic E-state index is 10.8. The molecule has 0 saturated carbocycles. The number of rotatable bonds is 4. The minimum absolute atomic E-state index is 0.142. The van der Waals surface area contributed by atoms with Gasteiger partial charge in [0.05, 0.1) is 14.2 Å². The van der Waals surface area contributed by atoms with E-state index >= 15 is 0 Å². The van der Waals surface area contributed by atoms with Crippen LogP contribution in [0.1, 0.15) is 10.5 Å². The van der Waals surface area contributed by atoms with E-state index in [-0.39, 0.29) is 5.69 Å². The largest absolute Gasteiger partial charge is 0.497 e. The van der Waals surface area contributed by atoms with Gasteiger partial charge in [0.1, 0.15) is 17.2 Å². The van der Waals surface area contributed by atoms with Gasteiger partial charge in [-0.2, -0.15) is 0 Å². The van der Waals surface area contributed by atoms with Crippen LogP contribution < -0.4 is 9.47 Å². The topological polar surface area (TPSA) is 71.5 Å². The molecule has 0 unspecified atom stereocenters. The van der Waals surface area contributed by atoms with Crippen LogP contribution >= 0.6 is 0 Å². The van der Waals surface area contributed by atoms with E-state index in [2.05, 4.69) is 4.98 Å². The highest BCUT2D eigenvalue weighted by Gasteiger charge is 2.11. The zero-order valence-electron chi connectivity index (χ0n) is 10.1. The molecular formula is C13H13NO4. The number of H-pyrrole nitrogens is 1. The Morgan fingerprint density at radius 2 is 1.94 bits per heavy atom. The molecule has 0 spiro atoms. The molecule has 0 aliphatic rings. The molecule has 5 nitrogen and oxygen atoms in total. The Kier molecular flexibility index (Phi) is 3.23. The standard InChI is InChI=1S/C13H13NO4/c1-17-8-3-4-9(12(7-8)18-2)10-5-6-11(14-10)13(15)16/h3-7,14H,1-2H3,(H,15,16). The second kappa shape index (κ2) is 4.83. The lowest BCUT2D eigenvalue weighted by Gasteiger charge is -2.09. The molecule has 0 aliphatic carbocycles. The van der Waals surface area contributed by atoms with Crippen LogP contribution in [0, 0.1) is 0 Å². The Morgan fingerprint density at radius 1 is 1.17 bits per heavy atom. The highest BCUT2D eigenvalue weighted by Crippen LogP contribution is 2.32. The van der Waals surface area contributed by atoms with Crippen LogP contribution in [0.15, 0.2) is 30.3 Å². The van der Waals surface area contributed by atoms with Crippen LogP contribution in [0.2, 0.25) is 0 Å². The zero-order chi connectivity index (χ0) is 13.1. The van der Waals surface area contributed by atoms with Gasteiger partial charge >= 0.3 is 5.97 Å². The van der Waals surface area contributed by atoms with Crippen LogP contribution in [-0.2, 0) is 0 Å². The summed E-state index contributed by atoms with van der Waals surface area (Å²) in [7, 11) is 3.13. The molecule has 2 N–H and O–H groups in total. The Bertz CT molecular complexity index is 574. The number of carboxylic acid groups (broad SMARTS) is 1. The second-order valence-corrected chi connectivity index (χ2v) is 3.66. The summed E-state index contributed by atoms with van der Waals surface area (Å²) < 4.78 is 10.4. The van der Waals surface area contributed by atoms with E-state index in [9.17, 15) is 4.79 Å². The van der Waals surface area contributed by atoms with E-state index in [1.807, 2.05) is 6.07 Å². The van der Waals surface area contributed by atoms with Crippen LogP contribution in [-0.4, -0.2) is 30.3 Å². The number of ether oxygens (including phenoxy) is 2. The first-order valence-electron chi connectivity index (χ1n) is 5.30. The number of methoxy groups -OCH3 is 2. The summed E-state index contributed by atoms with van der Waals surface area (Å²) in [6, 6.07) is 8.57. The zero-order valence-corrected chi connectivity index (χ0v) is 10.1. The van der Waals surface area contributed by atoms with Crippen molar-refractivity contribution in [3.05, 3.63) is 36.0 Å². The van der Waals surface area contributed by atoms with Gasteiger partial charge in [-0.3, -0.25) is 0 Å². The molecule has 5 heteroatoms. The van der Waals surface area contributed by atoms with E-state index in [4.69, 9.17) is 14.6 Å². The summed E-state index contributed by atoms with van der Waals surface area (Å²) in [5.74, 6) is 0.308. The van der Waals surface area contributed by atoms with Gasteiger partial charge in [0, 0.05) is 17.3 Å². The fraction of sp³-hybridized carbons (Fsp3) is 0.154. The molecule has 0 radical (unpaired) electrons. The maximum Gasteiger partial charge on any atom is 0.352 e. The fourth-order valence-electron chi connectivity index (χ4n) is 1.70. The Labute approximate surface area is 104 Å². The molecule has 0 atom stereocenters. The van der Waals surface area contributed by atoms with E-state index in [0.717, 1.165) is 5.56 Å². The molecular weight excluding hydrogens is 234 g/mol. The number of nitrogens with one attached hydrogen (secondary N) is 1. The number of hydrogen-bond acceptors (Lipinski definition) is 3. The maximum absolute atomic E-state index is 10.8. The van der Waals surface area contributed by atoms with E-state index < -0.39 is 5.97 Å². The average molecular weight is 247 g/mol. The SMILES string of the molecule is COc1ccc(-c2ccc(C(=O)O)[nH]2)c(OC)c1. The van der Waals surface area contributed by atoms with Crippen molar-refractivity contribution in [1.29, 1.82) is 0 Å². The van der Waals surface area contributed by atoms with Crippen molar-refractivity contribution in [3.8, 4) is 22.8 Å². The number of aromatic amines is 1. The Morgan fingerprint density at radius 3 is 2.50 bits per heavy atom. The van der Waals surface area contributed by atoms with Crippen molar-refractivity contribution < 1.29 is 19.4 Å². The minimum Gasteiger partial charge on any atom is -0.497 e. The first kappa shape index (κ1) is 12.0. The number of benzene rings is 1. The van der Waals surface area contributed by atoms with E-state index in [1.54, 1.807) is 32.4 Å². The summed E-state index contributed by atoms with van der Waals surface area (Å²) >= 11 is 0. The van der Waals surface area contributed by atoms with Crippen LogP contribution in [0.5, 0.6) is 11.5 Å². The lowest BCUT2D eigenvalue weighted by atomic mass is 10.1. The molecule has 94 valence electrons. The monoisotopic (exact) mass is 247 g/mol. The predicted octanol–water partition coefficient (Wildman–Crippen LogP) is 2.40. The van der Waals surface area contributed by atoms with Crippen molar-refractivity contribution in [2.45, 2.75) is 0 Å². The number of aromatic nitrogens is 1. The van der Waals surface area contributed by atoms with Gasteiger partial charge in [0.25, 0.3) is 0 Å². The van der Waals surface area contributed by atoms with Crippen molar-refractivity contribution in [2.75, 3.05) is 14.2 Å². The van der Waals surface area contributed by atoms with Crippen LogP contribution in [0.25, 0.3) is 11.3 Å². The summed E-state index contributed by atoms with van der Waals surface area (Å²) in [6.07, 6.45) is 0. The van der Waals surface area contributed by atoms with Gasteiger partial charge < -0.3 is 19.6 Å². The summed E-state index contributed by atoms with van der Waals surface area (Å²) in [4.78, 5) is 13.6. The molecule has 1 aromatic heterocycles. The molecule has 0 fully saturated rings. The lowest BCUT2D eigenvalue weighted by molar-refractivity contribution is 0.0691. The van der Waals surface area contributed by atoms with Gasteiger partial charge in [-0.25, -0.2) is 4.79 Å². The van der Waals surface area contributed by atoms with Crippen molar-refractivity contribution >= 4 is 5.97 Å². The molecule has 0 saturated heterocycles. The third kappa shape index (κ3) is 2.15. The molecule has 2 aromatic rings. The van der Waals surface area contributed by atoms with Crippen LogP contribution in [0.4, 0.5) is 0 Å². The number of aromatic carboxylic acids is 1. The highest BCUT2D eigenvalue weighted by atomic mass is 16.5.